The lowest BCUT2D eigenvalue weighted by Gasteiger charge is -2.26. The summed E-state index contributed by atoms with van der Waals surface area (Å²) in [5.41, 5.74) is 1.84. The van der Waals surface area contributed by atoms with E-state index >= 15 is 0 Å². The Balaban J connectivity index is 2.12. The Morgan fingerprint density at radius 3 is 2.60 bits per heavy atom. The molecule has 0 saturated heterocycles. The summed E-state index contributed by atoms with van der Waals surface area (Å²) in [4.78, 5) is 4.23. The summed E-state index contributed by atoms with van der Waals surface area (Å²) in [6.45, 7) is 0. The summed E-state index contributed by atoms with van der Waals surface area (Å²) in [7, 11) is 0. The lowest BCUT2D eigenvalue weighted by molar-refractivity contribution is 0.346. The largest absolute Gasteiger partial charge is 0.263 e. The van der Waals surface area contributed by atoms with Crippen LogP contribution < -0.4 is 0 Å². The fourth-order valence-corrected chi connectivity index (χ4v) is 3.64. The molecule has 1 aromatic heterocycles. The van der Waals surface area contributed by atoms with E-state index in [1.165, 1.54) is 31.2 Å². The maximum Gasteiger partial charge on any atom is 0.0410 e. The quantitative estimate of drug-likeness (QED) is 0.750. The van der Waals surface area contributed by atoms with Crippen LogP contribution in [0.15, 0.2) is 22.9 Å². The molecule has 1 heterocycles. The molecule has 1 fully saturated rings. The maximum atomic E-state index is 4.23. The molecule has 0 amide bonds. The van der Waals surface area contributed by atoms with Gasteiger partial charge in [-0.3, -0.25) is 4.98 Å². The molecule has 1 aromatic rings. The molecule has 1 aliphatic rings. The molecule has 0 unspecified atom stereocenters. The number of rotatable bonds is 3. The van der Waals surface area contributed by atoms with Crippen molar-refractivity contribution in [3.8, 4) is 0 Å². The van der Waals surface area contributed by atoms with E-state index in [-0.39, 0.29) is 0 Å². The van der Waals surface area contributed by atoms with Gasteiger partial charge in [-0.2, -0.15) is 0 Å². The maximum absolute atomic E-state index is 4.23. The first-order chi connectivity index (χ1) is 7.24. The van der Waals surface area contributed by atoms with Crippen LogP contribution in [0.5, 0.6) is 0 Å². The normalized spacial score (nSPS) is 19.3. The second-order valence-electron chi connectivity index (χ2n) is 4.53. The van der Waals surface area contributed by atoms with Crippen LogP contribution in [-0.4, -0.2) is 10.3 Å². The molecule has 0 aliphatic heterocycles. The van der Waals surface area contributed by atoms with E-state index in [1.54, 1.807) is 0 Å². The molecular formula is C12H15Br2N. The predicted octanol–water partition coefficient (Wildman–Crippen LogP) is 4.34. The van der Waals surface area contributed by atoms with Crippen molar-refractivity contribution in [1.82, 2.24) is 4.98 Å². The first-order valence-electron chi connectivity index (χ1n) is 5.40. The lowest BCUT2D eigenvalue weighted by atomic mass is 9.82. The Morgan fingerprint density at radius 1 is 1.27 bits per heavy atom. The van der Waals surface area contributed by atoms with Gasteiger partial charge in [0.25, 0.3) is 0 Å². The summed E-state index contributed by atoms with van der Waals surface area (Å²) in [5, 5.41) is 1.12. The van der Waals surface area contributed by atoms with Gasteiger partial charge >= 0.3 is 0 Å². The molecule has 2 rings (SSSR count). The van der Waals surface area contributed by atoms with Gasteiger partial charge in [0.2, 0.25) is 0 Å². The number of alkyl halides is 1. The Kier molecular flexibility index (Phi) is 3.83. The fraction of sp³-hybridized carbons (Fsp3) is 0.583. The molecule has 0 atom stereocenters. The Bertz CT molecular complexity index is 332. The van der Waals surface area contributed by atoms with Gasteiger partial charge in [-0.1, -0.05) is 28.8 Å². The van der Waals surface area contributed by atoms with Gasteiger partial charge in [-0.15, -0.1) is 0 Å². The molecule has 1 saturated carbocycles. The highest BCUT2D eigenvalue weighted by Gasteiger charge is 2.32. The number of aromatic nitrogens is 1. The van der Waals surface area contributed by atoms with Crippen LogP contribution in [0.1, 0.15) is 31.2 Å². The standard InChI is InChI=1S/C12H15Br2N/c13-9-12(3-1-2-4-12)6-10-5-11(14)8-15-7-10/h5,7-8H,1-4,6,9H2. The summed E-state index contributed by atoms with van der Waals surface area (Å²) >= 11 is 7.15. The van der Waals surface area contributed by atoms with Gasteiger partial charge in [0.05, 0.1) is 0 Å². The number of halogens is 2. The van der Waals surface area contributed by atoms with Crippen LogP contribution in [0.4, 0.5) is 0 Å². The topological polar surface area (TPSA) is 12.9 Å². The van der Waals surface area contributed by atoms with Crippen molar-refractivity contribution < 1.29 is 0 Å². The van der Waals surface area contributed by atoms with Crippen molar-refractivity contribution in [2.75, 3.05) is 5.33 Å². The monoisotopic (exact) mass is 331 g/mol. The zero-order chi connectivity index (χ0) is 10.7. The highest BCUT2D eigenvalue weighted by Crippen LogP contribution is 2.42. The molecule has 1 nitrogen and oxygen atoms in total. The van der Waals surface area contributed by atoms with Crippen LogP contribution in [0.25, 0.3) is 0 Å². The molecule has 82 valence electrons. The molecule has 3 heteroatoms. The van der Waals surface area contributed by atoms with Crippen LogP contribution in [0, 0.1) is 5.41 Å². The van der Waals surface area contributed by atoms with Crippen molar-refractivity contribution in [3.63, 3.8) is 0 Å². The van der Waals surface area contributed by atoms with Gasteiger partial charge in [-0.25, -0.2) is 0 Å². The highest BCUT2D eigenvalue weighted by molar-refractivity contribution is 9.10. The summed E-state index contributed by atoms with van der Waals surface area (Å²) in [5.74, 6) is 0. The number of pyridine rings is 1. The minimum Gasteiger partial charge on any atom is -0.263 e. The SMILES string of the molecule is BrCC1(Cc2cncc(Br)c2)CCCC1. The van der Waals surface area contributed by atoms with Crippen molar-refractivity contribution in [3.05, 3.63) is 28.5 Å². The zero-order valence-electron chi connectivity index (χ0n) is 8.68. The smallest absolute Gasteiger partial charge is 0.0410 e. The second-order valence-corrected chi connectivity index (χ2v) is 6.01. The van der Waals surface area contributed by atoms with Crippen LogP contribution >= 0.6 is 31.9 Å². The van der Waals surface area contributed by atoms with E-state index in [9.17, 15) is 0 Å². The van der Waals surface area contributed by atoms with Crippen molar-refractivity contribution >= 4 is 31.9 Å². The number of nitrogens with zero attached hydrogens (tertiary/aromatic N) is 1. The highest BCUT2D eigenvalue weighted by atomic mass is 79.9. The average molecular weight is 333 g/mol. The average Bonchev–Trinajstić information content (AvgIpc) is 2.67. The number of hydrogen-bond donors (Lipinski definition) is 0. The van der Waals surface area contributed by atoms with E-state index in [0.29, 0.717) is 5.41 Å². The van der Waals surface area contributed by atoms with Gasteiger partial charge < -0.3 is 0 Å². The van der Waals surface area contributed by atoms with Crippen LogP contribution in [0.3, 0.4) is 0 Å². The van der Waals surface area contributed by atoms with E-state index in [1.807, 2.05) is 12.4 Å². The molecule has 0 aromatic carbocycles. The second kappa shape index (κ2) is 4.96. The lowest BCUT2D eigenvalue weighted by Crippen LogP contribution is -2.21. The molecular weight excluding hydrogens is 318 g/mol. The van der Waals surface area contributed by atoms with Crippen molar-refractivity contribution in [1.29, 1.82) is 0 Å². The van der Waals surface area contributed by atoms with Crippen molar-refractivity contribution in [2.45, 2.75) is 32.1 Å². The summed E-state index contributed by atoms with van der Waals surface area (Å²) in [6.07, 6.45) is 10.5. The van der Waals surface area contributed by atoms with Crippen LogP contribution in [0.2, 0.25) is 0 Å². The van der Waals surface area contributed by atoms with E-state index < -0.39 is 0 Å². The summed E-state index contributed by atoms with van der Waals surface area (Å²) in [6, 6.07) is 2.19. The molecule has 0 N–H and O–H groups in total. The molecule has 0 radical (unpaired) electrons. The first-order valence-corrected chi connectivity index (χ1v) is 7.31. The zero-order valence-corrected chi connectivity index (χ0v) is 11.8. The van der Waals surface area contributed by atoms with Gasteiger partial charge in [0.1, 0.15) is 0 Å². The van der Waals surface area contributed by atoms with Gasteiger partial charge in [0.15, 0.2) is 0 Å². The Hall–Kier alpha value is 0.110. The van der Waals surface area contributed by atoms with Gasteiger partial charge in [0, 0.05) is 22.2 Å². The first kappa shape index (κ1) is 11.6. The van der Waals surface area contributed by atoms with Gasteiger partial charge in [-0.05, 0) is 52.2 Å². The Morgan fingerprint density at radius 2 is 2.00 bits per heavy atom. The third-order valence-corrected chi connectivity index (χ3v) is 4.91. The Labute approximate surface area is 108 Å². The molecule has 0 bridgehead atoms. The summed E-state index contributed by atoms with van der Waals surface area (Å²) < 4.78 is 1.09. The van der Waals surface area contributed by atoms with E-state index in [0.717, 1.165) is 16.2 Å². The van der Waals surface area contributed by atoms with E-state index in [4.69, 9.17) is 0 Å². The van der Waals surface area contributed by atoms with Crippen LogP contribution in [-0.2, 0) is 6.42 Å². The molecule has 0 spiro atoms. The third-order valence-electron chi connectivity index (χ3n) is 3.29. The van der Waals surface area contributed by atoms with Crippen molar-refractivity contribution in [2.24, 2.45) is 5.41 Å². The molecule has 1 aliphatic carbocycles. The number of hydrogen-bond acceptors (Lipinski definition) is 1. The third kappa shape index (κ3) is 2.82. The minimum atomic E-state index is 0.489. The predicted molar refractivity (Wildman–Crippen MR) is 70.3 cm³/mol. The fourth-order valence-electron chi connectivity index (χ4n) is 2.47. The van der Waals surface area contributed by atoms with E-state index in [2.05, 4.69) is 42.9 Å². The minimum absolute atomic E-state index is 0.489. The molecule has 15 heavy (non-hydrogen) atoms.